The zero-order valence-electron chi connectivity index (χ0n) is 21.6. The fourth-order valence-electron chi connectivity index (χ4n) is 4.85. The third-order valence-electron chi connectivity index (χ3n) is 7.06. The van der Waals surface area contributed by atoms with E-state index in [1.165, 1.54) is 0 Å². The molecule has 38 heavy (non-hydrogen) atoms. The average molecular weight is 511 g/mol. The Kier molecular flexibility index (Phi) is 7.28. The van der Waals surface area contributed by atoms with Crippen molar-refractivity contribution >= 4 is 28.3 Å². The molecule has 0 fully saturated rings. The number of carbonyl (C=O) groups is 2. The number of fused-ring (bicyclic) bond motifs is 2. The second-order valence-corrected chi connectivity index (χ2v) is 9.31. The highest BCUT2D eigenvalue weighted by molar-refractivity contribution is 6.02. The first-order valence-electron chi connectivity index (χ1n) is 12.6. The van der Waals surface area contributed by atoms with Crippen molar-refractivity contribution in [2.24, 2.45) is 0 Å². The Morgan fingerprint density at radius 2 is 2.00 bits per heavy atom. The fraction of sp³-hybridized carbons (Fsp3) is 0.276. The molecule has 2 N–H and O–H groups in total. The molecule has 1 aliphatic rings. The monoisotopic (exact) mass is 510 g/mol. The van der Waals surface area contributed by atoms with Crippen molar-refractivity contribution in [2.45, 2.75) is 38.4 Å². The predicted molar refractivity (Wildman–Crippen MR) is 146 cm³/mol. The first-order chi connectivity index (χ1) is 18.5. The van der Waals surface area contributed by atoms with Crippen LogP contribution in [0.5, 0.6) is 5.75 Å². The van der Waals surface area contributed by atoms with Crippen molar-refractivity contribution in [3.63, 3.8) is 0 Å². The van der Waals surface area contributed by atoms with Crippen LogP contribution in [-0.4, -0.2) is 53.2 Å². The Morgan fingerprint density at radius 1 is 1.16 bits per heavy atom. The lowest BCUT2D eigenvalue weighted by atomic mass is 9.99. The highest BCUT2D eigenvalue weighted by Crippen LogP contribution is 2.35. The summed E-state index contributed by atoms with van der Waals surface area (Å²) in [6, 6.07) is 16.7. The van der Waals surface area contributed by atoms with E-state index in [1.807, 2.05) is 54.6 Å². The molecule has 9 nitrogen and oxygen atoms in total. The molecule has 2 heterocycles. The van der Waals surface area contributed by atoms with Crippen molar-refractivity contribution in [1.82, 2.24) is 25.8 Å². The molecule has 1 aliphatic heterocycles. The van der Waals surface area contributed by atoms with E-state index in [9.17, 15) is 9.59 Å². The maximum atomic E-state index is 14.0. The molecule has 0 saturated carbocycles. The van der Waals surface area contributed by atoms with Crippen LogP contribution < -0.4 is 20.3 Å². The number of anilines is 1. The van der Waals surface area contributed by atoms with E-state index in [-0.39, 0.29) is 18.4 Å². The van der Waals surface area contributed by atoms with E-state index >= 15 is 0 Å². The topological polar surface area (TPSA) is 109 Å². The second kappa shape index (κ2) is 10.9. The van der Waals surface area contributed by atoms with Gasteiger partial charge in [0.15, 0.2) is 5.82 Å². The maximum Gasteiger partial charge on any atom is 0.249 e. The summed E-state index contributed by atoms with van der Waals surface area (Å²) in [5.41, 5.74) is 3.63. The molecule has 0 aliphatic carbocycles. The van der Waals surface area contributed by atoms with Crippen LogP contribution >= 0.6 is 0 Å². The van der Waals surface area contributed by atoms with Gasteiger partial charge in [-0.2, -0.15) is 5.10 Å². The SMILES string of the molecule is CN[C@@H](C)C(=O)NC1CCc2ccccc2N(Cc2c(OC)ccc3cc(-c4nccnn4)ccc23)C1=O. The molecule has 1 unspecified atom stereocenters. The average Bonchev–Trinajstić information content (AvgIpc) is 3.09. The molecule has 5 rings (SSSR count). The molecule has 1 aromatic heterocycles. The summed E-state index contributed by atoms with van der Waals surface area (Å²) in [6.45, 7) is 2.06. The summed E-state index contributed by atoms with van der Waals surface area (Å²) in [4.78, 5) is 32.7. The molecule has 0 spiro atoms. The van der Waals surface area contributed by atoms with Gasteiger partial charge in [0, 0.05) is 23.0 Å². The molecule has 0 saturated heterocycles. The van der Waals surface area contributed by atoms with Gasteiger partial charge in [-0.25, -0.2) is 4.98 Å². The van der Waals surface area contributed by atoms with Gasteiger partial charge in [-0.1, -0.05) is 36.4 Å². The second-order valence-electron chi connectivity index (χ2n) is 9.31. The van der Waals surface area contributed by atoms with Crippen LogP contribution in [0.2, 0.25) is 0 Å². The van der Waals surface area contributed by atoms with Crippen molar-refractivity contribution in [3.8, 4) is 17.1 Å². The van der Waals surface area contributed by atoms with Gasteiger partial charge >= 0.3 is 0 Å². The summed E-state index contributed by atoms with van der Waals surface area (Å²) in [5.74, 6) is 0.871. The molecule has 0 bridgehead atoms. The molecule has 194 valence electrons. The zero-order chi connectivity index (χ0) is 26.6. The van der Waals surface area contributed by atoms with E-state index in [2.05, 4.69) is 25.8 Å². The summed E-state index contributed by atoms with van der Waals surface area (Å²) in [7, 11) is 3.35. The Morgan fingerprint density at radius 3 is 2.76 bits per heavy atom. The molecule has 2 atom stereocenters. The van der Waals surface area contributed by atoms with E-state index in [0.29, 0.717) is 24.4 Å². The quantitative estimate of drug-likeness (QED) is 0.393. The fourth-order valence-corrected chi connectivity index (χ4v) is 4.85. The van der Waals surface area contributed by atoms with Crippen molar-refractivity contribution < 1.29 is 14.3 Å². The van der Waals surface area contributed by atoms with Gasteiger partial charge in [-0.3, -0.25) is 9.59 Å². The van der Waals surface area contributed by atoms with E-state index in [1.54, 1.807) is 38.4 Å². The van der Waals surface area contributed by atoms with E-state index in [4.69, 9.17) is 4.74 Å². The molecule has 4 aromatic rings. The Labute approximate surface area is 221 Å². The molecular formula is C29H30N6O3. The number of hydrogen-bond acceptors (Lipinski definition) is 7. The predicted octanol–water partition coefficient (Wildman–Crippen LogP) is 3.27. The van der Waals surface area contributed by atoms with Crippen LogP contribution in [0.4, 0.5) is 5.69 Å². The number of nitrogens with zero attached hydrogens (tertiary/aromatic N) is 4. The number of ether oxygens (including phenoxy) is 1. The Hall–Kier alpha value is -4.37. The highest BCUT2D eigenvalue weighted by atomic mass is 16.5. The van der Waals surface area contributed by atoms with Gasteiger partial charge in [-0.15, -0.1) is 5.10 Å². The molecule has 3 aromatic carbocycles. The maximum absolute atomic E-state index is 14.0. The number of benzene rings is 3. The number of amides is 2. The minimum absolute atomic E-state index is 0.147. The normalized spacial score (nSPS) is 16.0. The summed E-state index contributed by atoms with van der Waals surface area (Å²) < 4.78 is 5.75. The van der Waals surface area contributed by atoms with Gasteiger partial charge in [0.1, 0.15) is 11.8 Å². The number of aromatic nitrogens is 3. The Bertz CT molecular complexity index is 1480. The van der Waals surface area contributed by atoms with Gasteiger partial charge < -0.3 is 20.3 Å². The largest absolute Gasteiger partial charge is 0.496 e. The first-order valence-corrected chi connectivity index (χ1v) is 12.6. The van der Waals surface area contributed by atoms with Crippen molar-refractivity contribution in [3.05, 3.63) is 78.1 Å². The van der Waals surface area contributed by atoms with E-state index < -0.39 is 12.1 Å². The number of aryl methyl sites for hydroxylation is 1. The number of para-hydroxylation sites is 1. The lowest BCUT2D eigenvalue weighted by Gasteiger charge is -2.28. The third-order valence-corrected chi connectivity index (χ3v) is 7.06. The molecule has 2 amide bonds. The molecule has 0 radical (unpaired) electrons. The van der Waals surface area contributed by atoms with Crippen molar-refractivity contribution in [1.29, 1.82) is 0 Å². The molecule has 9 heteroatoms. The number of methoxy groups -OCH3 is 1. The number of rotatable bonds is 7. The van der Waals surface area contributed by atoms with Gasteiger partial charge in [-0.05, 0) is 61.3 Å². The van der Waals surface area contributed by atoms with Crippen molar-refractivity contribution in [2.75, 3.05) is 19.1 Å². The minimum Gasteiger partial charge on any atom is -0.496 e. The standard InChI is InChI=1S/C29H30N6O3/c1-18(30-2)28(36)33-24-12-9-19-6-4-5-7-25(19)35(29(24)37)17-23-22-11-8-21(27-31-14-15-32-34-27)16-20(22)10-13-26(23)38-3/h4-8,10-11,13-16,18,24,30H,9,12,17H2,1-3H3,(H,33,36)/t18-,24?/m0/s1. The van der Waals surface area contributed by atoms with Crippen LogP contribution in [-0.2, 0) is 22.6 Å². The lowest BCUT2D eigenvalue weighted by Crippen LogP contribution is -2.52. The van der Waals surface area contributed by atoms with E-state index in [0.717, 1.165) is 33.2 Å². The number of hydrogen-bond donors (Lipinski definition) is 2. The number of likely N-dealkylation sites (N-methyl/N-ethyl adjacent to an activating group) is 1. The lowest BCUT2D eigenvalue weighted by molar-refractivity contribution is -0.128. The highest BCUT2D eigenvalue weighted by Gasteiger charge is 2.33. The summed E-state index contributed by atoms with van der Waals surface area (Å²) >= 11 is 0. The number of nitrogens with one attached hydrogen (secondary N) is 2. The van der Waals surface area contributed by atoms with Crippen LogP contribution in [0, 0.1) is 0 Å². The van der Waals surface area contributed by atoms with Crippen LogP contribution in [0.15, 0.2) is 67.0 Å². The smallest absolute Gasteiger partial charge is 0.249 e. The van der Waals surface area contributed by atoms with Gasteiger partial charge in [0.05, 0.1) is 25.9 Å². The number of carbonyl (C=O) groups excluding carboxylic acids is 2. The summed E-state index contributed by atoms with van der Waals surface area (Å²) in [5, 5.41) is 15.9. The van der Waals surface area contributed by atoms with Crippen LogP contribution in [0.1, 0.15) is 24.5 Å². The molecular weight excluding hydrogens is 480 g/mol. The first kappa shape index (κ1) is 25.3. The summed E-state index contributed by atoms with van der Waals surface area (Å²) in [6.07, 6.45) is 4.35. The third kappa shape index (κ3) is 4.92. The van der Waals surface area contributed by atoms with Gasteiger partial charge in [0.2, 0.25) is 11.8 Å². The van der Waals surface area contributed by atoms with Crippen LogP contribution in [0.25, 0.3) is 22.2 Å². The zero-order valence-corrected chi connectivity index (χ0v) is 21.6. The Balaban J connectivity index is 1.56. The minimum atomic E-state index is -0.638. The van der Waals surface area contributed by atoms with Gasteiger partial charge in [0.25, 0.3) is 0 Å². The van der Waals surface area contributed by atoms with Crippen LogP contribution in [0.3, 0.4) is 0 Å².